The highest BCUT2D eigenvalue weighted by Gasteiger charge is 2.49. The number of aromatic nitrogens is 1. The van der Waals surface area contributed by atoms with Crippen LogP contribution in [0, 0.1) is 0 Å². The molecule has 1 fully saturated rings. The third-order valence-electron chi connectivity index (χ3n) is 6.94. The predicted molar refractivity (Wildman–Crippen MR) is 127 cm³/mol. The number of hydrogen-bond acceptors (Lipinski definition) is 5. The van der Waals surface area contributed by atoms with Crippen LogP contribution in [0.15, 0.2) is 53.1 Å². The number of nitrogens with zero attached hydrogens (tertiary/aromatic N) is 2. The summed E-state index contributed by atoms with van der Waals surface area (Å²) in [5.74, 6) is 1.25. The first kappa shape index (κ1) is 22.1. The first-order valence-corrected chi connectivity index (χ1v) is 11.6. The Labute approximate surface area is 198 Å². The van der Waals surface area contributed by atoms with Gasteiger partial charge in [0.25, 0.3) is 5.91 Å². The molecule has 1 saturated carbocycles. The van der Waals surface area contributed by atoms with Crippen molar-refractivity contribution in [2.75, 3.05) is 19.1 Å². The first-order chi connectivity index (χ1) is 16.5. The van der Waals surface area contributed by atoms with E-state index in [-0.39, 0.29) is 24.4 Å². The zero-order valence-electron chi connectivity index (χ0n) is 19.7. The van der Waals surface area contributed by atoms with E-state index >= 15 is 0 Å². The fourth-order valence-corrected chi connectivity index (χ4v) is 5.13. The van der Waals surface area contributed by atoms with Crippen molar-refractivity contribution < 1.29 is 23.5 Å². The summed E-state index contributed by atoms with van der Waals surface area (Å²) in [5, 5.41) is 3.21. The van der Waals surface area contributed by atoms with Gasteiger partial charge >= 0.3 is 0 Å². The Morgan fingerprint density at radius 2 is 1.79 bits per heavy atom. The number of anilines is 1. The maximum absolute atomic E-state index is 13.9. The molecular formula is C26H29N3O5. The van der Waals surface area contributed by atoms with Gasteiger partial charge in [0, 0.05) is 17.8 Å². The Morgan fingerprint density at radius 3 is 2.47 bits per heavy atom. The number of furan rings is 1. The lowest BCUT2D eigenvalue weighted by atomic mass is 9.93. The molecule has 1 aromatic carbocycles. The van der Waals surface area contributed by atoms with Gasteiger partial charge in [0.15, 0.2) is 11.5 Å². The molecule has 34 heavy (non-hydrogen) atoms. The second-order valence-electron chi connectivity index (χ2n) is 9.08. The number of hydrogen-bond donors (Lipinski definition) is 1. The number of methoxy groups -OCH3 is 2. The number of amides is 2. The minimum Gasteiger partial charge on any atom is -0.493 e. The van der Waals surface area contributed by atoms with Crippen molar-refractivity contribution in [2.24, 2.45) is 0 Å². The van der Waals surface area contributed by atoms with E-state index in [9.17, 15) is 9.59 Å². The number of ether oxygens (including phenoxy) is 2. The number of benzene rings is 1. The smallest absolute Gasteiger partial charge is 0.275 e. The molecule has 1 atom stereocenters. The molecule has 0 bridgehead atoms. The maximum Gasteiger partial charge on any atom is 0.275 e. The summed E-state index contributed by atoms with van der Waals surface area (Å²) < 4.78 is 18.3. The van der Waals surface area contributed by atoms with Gasteiger partial charge in [-0.05, 0) is 56.2 Å². The summed E-state index contributed by atoms with van der Waals surface area (Å²) in [7, 11) is 3.11. The van der Waals surface area contributed by atoms with Crippen LogP contribution in [0.4, 0.5) is 5.69 Å². The van der Waals surface area contributed by atoms with E-state index in [1.54, 1.807) is 49.6 Å². The van der Waals surface area contributed by atoms with Crippen LogP contribution in [-0.2, 0) is 11.3 Å². The zero-order chi connectivity index (χ0) is 23.9. The van der Waals surface area contributed by atoms with Crippen LogP contribution in [-0.4, -0.2) is 42.2 Å². The van der Waals surface area contributed by atoms with Crippen molar-refractivity contribution in [3.8, 4) is 23.0 Å². The molecule has 0 radical (unpaired) electrons. The molecule has 3 aromatic rings. The number of rotatable bonds is 6. The van der Waals surface area contributed by atoms with Gasteiger partial charge < -0.3 is 23.8 Å². The number of fused-ring (bicyclic) bond motifs is 1. The van der Waals surface area contributed by atoms with Crippen LogP contribution in [0.2, 0.25) is 0 Å². The Bertz CT molecular complexity index is 1210. The van der Waals surface area contributed by atoms with Crippen molar-refractivity contribution >= 4 is 17.5 Å². The molecule has 8 heteroatoms. The van der Waals surface area contributed by atoms with E-state index in [1.165, 1.54) is 0 Å². The molecule has 5 rings (SSSR count). The van der Waals surface area contributed by atoms with Crippen molar-refractivity contribution in [1.29, 1.82) is 0 Å². The van der Waals surface area contributed by atoms with E-state index in [2.05, 4.69) is 5.32 Å². The summed E-state index contributed by atoms with van der Waals surface area (Å²) in [5.41, 5.74) is 0.651. The fourth-order valence-electron chi connectivity index (χ4n) is 5.13. The van der Waals surface area contributed by atoms with Gasteiger partial charge in [-0.2, -0.15) is 0 Å². The third-order valence-corrected chi connectivity index (χ3v) is 6.94. The summed E-state index contributed by atoms with van der Waals surface area (Å²) in [6.45, 7) is 2.10. The lowest BCUT2D eigenvalue weighted by molar-refractivity contribution is -0.127. The molecule has 3 heterocycles. The largest absolute Gasteiger partial charge is 0.493 e. The number of carbonyl (C=O) groups is 2. The molecule has 1 unspecified atom stereocenters. The Balaban J connectivity index is 1.62. The molecule has 2 amide bonds. The summed E-state index contributed by atoms with van der Waals surface area (Å²) in [4.78, 5) is 29.3. The minimum atomic E-state index is -1.17. The monoisotopic (exact) mass is 463 g/mol. The van der Waals surface area contributed by atoms with Crippen molar-refractivity contribution in [3.05, 3.63) is 54.4 Å². The molecule has 8 nitrogen and oxygen atoms in total. The van der Waals surface area contributed by atoms with Gasteiger partial charge in [-0.25, -0.2) is 0 Å². The Kier molecular flexibility index (Phi) is 5.59. The Morgan fingerprint density at radius 1 is 1.06 bits per heavy atom. The fraction of sp³-hybridized carbons (Fsp3) is 0.385. The topological polar surface area (TPSA) is 85.9 Å². The standard InChI is InChI=1S/C26H29N3O5/c1-26(25(31)27-17-7-4-5-8-17)16-28-19(21-9-6-14-34-21)11-12-20(28)24(30)29(26)18-10-13-22(32-2)23(15-18)33-3/h6,9-15,17H,4-5,7-8,16H2,1-3H3,(H,27,31). The average molecular weight is 464 g/mol. The van der Waals surface area contributed by atoms with E-state index in [1.807, 2.05) is 29.7 Å². The lowest BCUT2D eigenvalue weighted by Gasteiger charge is -2.44. The second kappa shape index (κ2) is 8.59. The molecule has 0 saturated heterocycles. The SMILES string of the molecule is COc1ccc(N2C(=O)c3ccc(-c4ccco4)n3CC2(C)C(=O)NC2CCCC2)cc1OC. The highest BCUT2D eigenvalue weighted by Crippen LogP contribution is 2.40. The van der Waals surface area contributed by atoms with Crippen LogP contribution >= 0.6 is 0 Å². The first-order valence-electron chi connectivity index (χ1n) is 11.6. The average Bonchev–Trinajstić information content (AvgIpc) is 3.60. The van der Waals surface area contributed by atoms with Crippen LogP contribution in [0.1, 0.15) is 43.1 Å². The number of carbonyl (C=O) groups excluding carboxylic acids is 2. The van der Waals surface area contributed by atoms with Gasteiger partial charge in [-0.15, -0.1) is 0 Å². The summed E-state index contributed by atoms with van der Waals surface area (Å²) >= 11 is 0. The van der Waals surface area contributed by atoms with E-state index in [0.29, 0.717) is 28.6 Å². The van der Waals surface area contributed by atoms with E-state index < -0.39 is 5.54 Å². The van der Waals surface area contributed by atoms with Crippen molar-refractivity contribution in [3.63, 3.8) is 0 Å². The normalized spacial score (nSPS) is 20.3. The van der Waals surface area contributed by atoms with Crippen LogP contribution in [0.3, 0.4) is 0 Å². The molecule has 2 aromatic heterocycles. The van der Waals surface area contributed by atoms with Gasteiger partial charge in [-0.1, -0.05) is 12.8 Å². The molecule has 0 spiro atoms. The minimum absolute atomic E-state index is 0.127. The quantitative estimate of drug-likeness (QED) is 0.591. The number of nitrogens with one attached hydrogen (secondary N) is 1. The molecular weight excluding hydrogens is 434 g/mol. The van der Waals surface area contributed by atoms with E-state index in [0.717, 1.165) is 31.4 Å². The molecule has 1 N–H and O–H groups in total. The molecule has 1 aliphatic heterocycles. The highest BCUT2D eigenvalue weighted by molar-refractivity contribution is 6.12. The molecule has 178 valence electrons. The molecule has 1 aliphatic carbocycles. The maximum atomic E-state index is 13.9. The van der Waals surface area contributed by atoms with Crippen LogP contribution in [0.25, 0.3) is 11.5 Å². The third kappa shape index (κ3) is 3.54. The van der Waals surface area contributed by atoms with Gasteiger partial charge in [-0.3, -0.25) is 14.5 Å². The Hall–Kier alpha value is -3.68. The summed E-state index contributed by atoms with van der Waals surface area (Å²) in [6, 6.07) is 12.7. The van der Waals surface area contributed by atoms with Gasteiger partial charge in [0.1, 0.15) is 17.0 Å². The summed E-state index contributed by atoms with van der Waals surface area (Å²) in [6.07, 6.45) is 5.72. The highest BCUT2D eigenvalue weighted by atomic mass is 16.5. The van der Waals surface area contributed by atoms with Crippen LogP contribution in [0.5, 0.6) is 11.5 Å². The van der Waals surface area contributed by atoms with Gasteiger partial charge in [0.2, 0.25) is 5.91 Å². The van der Waals surface area contributed by atoms with Crippen LogP contribution < -0.4 is 19.7 Å². The van der Waals surface area contributed by atoms with Gasteiger partial charge in [0.05, 0.1) is 32.7 Å². The zero-order valence-corrected chi connectivity index (χ0v) is 19.7. The van der Waals surface area contributed by atoms with Crippen molar-refractivity contribution in [2.45, 2.75) is 50.7 Å². The lowest BCUT2D eigenvalue weighted by Crippen LogP contribution is -2.65. The predicted octanol–water partition coefficient (Wildman–Crippen LogP) is 4.24. The van der Waals surface area contributed by atoms with Crippen molar-refractivity contribution in [1.82, 2.24) is 9.88 Å². The molecule has 2 aliphatic rings. The second-order valence-corrected chi connectivity index (χ2v) is 9.08. The van der Waals surface area contributed by atoms with E-state index in [4.69, 9.17) is 13.9 Å².